The minimum Gasteiger partial charge on any atom is -0.383 e. The van der Waals surface area contributed by atoms with Crippen molar-refractivity contribution in [3.05, 3.63) is 107 Å². The first-order chi connectivity index (χ1) is 28.8. The number of hydrogen-bond donors (Lipinski definition) is 5. The maximum absolute atomic E-state index is 13.5. The molecule has 3 aromatic heterocycles. The van der Waals surface area contributed by atoms with E-state index in [1.54, 1.807) is 23.7 Å². The Morgan fingerprint density at radius 1 is 0.967 bits per heavy atom. The first-order valence-corrected chi connectivity index (χ1v) is 21.8. The van der Waals surface area contributed by atoms with E-state index in [2.05, 4.69) is 36.6 Å². The van der Waals surface area contributed by atoms with E-state index in [0.717, 1.165) is 38.2 Å². The van der Waals surface area contributed by atoms with Crippen molar-refractivity contribution in [2.45, 2.75) is 43.7 Å². The highest BCUT2D eigenvalue weighted by Gasteiger charge is 2.52. The molecule has 19 heteroatoms. The molecule has 1 aliphatic carbocycles. The van der Waals surface area contributed by atoms with E-state index < -0.39 is 39.2 Å². The van der Waals surface area contributed by atoms with Gasteiger partial charge in [-0.15, -0.1) is 11.3 Å². The number of hydrogen-bond acceptors (Lipinski definition) is 12. The van der Waals surface area contributed by atoms with Crippen LogP contribution < -0.4 is 26.6 Å². The third-order valence-corrected chi connectivity index (χ3v) is 12.4. The monoisotopic (exact) mass is 849 g/mol. The first kappa shape index (κ1) is 40.1. The van der Waals surface area contributed by atoms with Gasteiger partial charge < -0.3 is 26.2 Å². The van der Waals surface area contributed by atoms with E-state index in [9.17, 15) is 37.2 Å². The minimum atomic E-state index is -3.54. The predicted octanol–water partition coefficient (Wildman–Crippen LogP) is 2.87. The number of thiazole rings is 1. The zero-order valence-electron chi connectivity index (χ0n) is 32.2. The van der Waals surface area contributed by atoms with Gasteiger partial charge in [0, 0.05) is 66.8 Å². The van der Waals surface area contributed by atoms with Crippen molar-refractivity contribution in [2.75, 3.05) is 36.5 Å². The number of benzene rings is 2. The van der Waals surface area contributed by atoms with Crippen LogP contribution in [0.25, 0.3) is 22.4 Å². The van der Waals surface area contributed by atoms with Crippen LogP contribution in [0.15, 0.2) is 84.6 Å². The third kappa shape index (κ3) is 8.39. The Morgan fingerprint density at radius 2 is 1.77 bits per heavy atom. The fourth-order valence-corrected chi connectivity index (χ4v) is 8.62. The third-order valence-electron chi connectivity index (χ3n) is 10.7. The summed E-state index contributed by atoms with van der Waals surface area (Å²) in [6, 6.07) is 17.6. The maximum atomic E-state index is 13.5. The molecule has 6 amide bonds. The number of rotatable bonds is 14. The number of aromatic nitrogens is 3. The van der Waals surface area contributed by atoms with Crippen molar-refractivity contribution >= 4 is 67.6 Å². The van der Waals surface area contributed by atoms with Gasteiger partial charge in [0.25, 0.3) is 11.8 Å². The van der Waals surface area contributed by atoms with Gasteiger partial charge in [0.15, 0.2) is 5.13 Å². The fourth-order valence-electron chi connectivity index (χ4n) is 7.30. The van der Waals surface area contributed by atoms with Gasteiger partial charge in [-0.3, -0.25) is 43.0 Å². The molecular weight excluding hydrogens is 811 g/mol. The van der Waals surface area contributed by atoms with Crippen LogP contribution >= 0.6 is 11.3 Å². The van der Waals surface area contributed by atoms with E-state index in [1.165, 1.54) is 34.7 Å². The van der Waals surface area contributed by atoms with Crippen LogP contribution in [0, 0.1) is 0 Å². The SMILES string of the molecule is CS(=O)(=O)n1ccc(C(=O)NCC(=O)Nc2nc(-c3cccc(-c4ccnc(C5(C(=O)NCCNc6ccc7c(c6)CN(C6CCC(=O)NC6=O)C7=O)CC5)c4)c3)cs2)c1. The normalized spacial score (nSPS) is 16.8. The molecule has 0 spiro atoms. The molecule has 2 aliphatic heterocycles. The maximum Gasteiger partial charge on any atom is 0.255 e. The summed E-state index contributed by atoms with van der Waals surface area (Å²) in [4.78, 5) is 86.2. The lowest BCUT2D eigenvalue weighted by Gasteiger charge is -2.29. The summed E-state index contributed by atoms with van der Waals surface area (Å²) in [5, 5.41) is 16.0. The van der Waals surface area contributed by atoms with Gasteiger partial charge in [-0.25, -0.2) is 13.4 Å². The van der Waals surface area contributed by atoms with E-state index in [1.807, 2.05) is 42.5 Å². The lowest BCUT2D eigenvalue weighted by Crippen LogP contribution is -2.52. The van der Waals surface area contributed by atoms with Crippen molar-refractivity contribution in [2.24, 2.45) is 0 Å². The van der Waals surface area contributed by atoms with Crippen molar-refractivity contribution in [3.8, 4) is 22.4 Å². The summed E-state index contributed by atoms with van der Waals surface area (Å²) in [7, 11) is -3.54. The van der Waals surface area contributed by atoms with Gasteiger partial charge >= 0.3 is 0 Å². The van der Waals surface area contributed by atoms with Gasteiger partial charge in [0.1, 0.15) is 6.04 Å². The predicted molar refractivity (Wildman–Crippen MR) is 221 cm³/mol. The van der Waals surface area contributed by atoms with Crippen molar-refractivity contribution in [1.82, 2.24) is 34.8 Å². The second-order valence-corrected chi connectivity index (χ2v) is 17.6. The number of imide groups is 1. The molecule has 2 aromatic carbocycles. The van der Waals surface area contributed by atoms with Crippen LogP contribution in [0.4, 0.5) is 10.8 Å². The standard InChI is InChI=1S/C41H39N9O8S2/c1-60(57,58)49-16-10-27(21-49)36(53)45-20-35(52)48-40-46-31(23-59-40)26-4-2-3-24(17-26)25-9-13-43-33(19-25)41(11-12-41)39(56)44-15-14-42-29-5-6-30-28(18-29)22-50(38(30)55)32-7-8-34(51)47-37(32)54/h2-6,9-10,13,16-19,21,23,32,42H,7-8,11-12,14-15,20,22H2,1H3,(H,44,56)(H,45,53)(H,46,48,52)(H,47,51,54). The lowest BCUT2D eigenvalue weighted by atomic mass is 9.96. The summed E-state index contributed by atoms with van der Waals surface area (Å²) in [6.07, 6.45) is 6.96. The number of amides is 6. The lowest BCUT2D eigenvalue weighted by molar-refractivity contribution is -0.137. The fraction of sp³-hybridized carbons (Fsp3) is 0.268. The van der Waals surface area contributed by atoms with Crippen LogP contribution in [0.3, 0.4) is 0 Å². The second-order valence-electron chi connectivity index (χ2n) is 14.8. The Balaban J connectivity index is 0.835. The molecule has 5 aromatic rings. The molecule has 1 atom stereocenters. The van der Waals surface area contributed by atoms with Gasteiger partial charge in [0.05, 0.1) is 35.2 Å². The Labute approximate surface area is 348 Å². The highest BCUT2D eigenvalue weighted by molar-refractivity contribution is 7.89. The smallest absolute Gasteiger partial charge is 0.255 e. The number of anilines is 2. The van der Waals surface area contributed by atoms with Crippen LogP contribution in [0.1, 0.15) is 57.7 Å². The Bertz CT molecular complexity index is 2690. The second kappa shape index (κ2) is 16.1. The van der Waals surface area contributed by atoms with Gasteiger partial charge in [-0.1, -0.05) is 18.2 Å². The summed E-state index contributed by atoms with van der Waals surface area (Å²) >= 11 is 1.23. The van der Waals surface area contributed by atoms with Crippen LogP contribution in [0.5, 0.6) is 0 Å². The average molecular weight is 850 g/mol. The molecule has 0 bridgehead atoms. The van der Waals surface area contributed by atoms with E-state index in [0.29, 0.717) is 54.4 Å². The summed E-state index contributed by atoms with van der Waals surface area (Å²) in [5.41, 5.74) is 5.34. The van der Waals surface area contributed by atoms with Crippen molar-refractivity contribution in [1.29, 1.82) is 0 Å². The quantitative estimate of drug-likeness (QED) is 0.0806. The summed E-state index contributed by atoms with van der Waals surface area (Å²) in [5.74, 6) is -2.22. The van der Waals surface area contributed by atoms with Crippen LogP contribution in [-0.4, -0.2) is 94.6 Å². The molecule has 1 saturated heterocycles. The van der Waals surface area contributed by atoms with Crippen molar-refractivity contribution in [3.63, 3.8) is 0 Å². The number of pyridine rings is 1. The molecule has 17 nitrogen and oxygen atoms in total. The number of piperidine rings is 1. The molecular formula is C41H39N9O8S2. The van der Waals surface area contributed by atoms with Gasteiger partial charge in [-0.05, 0) is 78.4 Å². The van der Waals surface area contributed by atoms with Crippen LogP contribution in [0.2, 0.25) is 0 Å². The molecule has 5 N–H and O–H groups in total. The Morgan fingerprint density at radius 3 is 2.53 bits per heavy atom. The first-order valence-electron chi connectivity index (χ1n) is 19.1. The highest BCUT2D eigenvalue weighted by Crippen LogP contribution is 2.48. The number of carbonyl (C=O) groups excluding carboxylic acids is 6. The topological polar surface area (TPSA) is 231 Å². The van der Waals surface area contributed by atoms with Crippen LogP contribution in [-0.2, 0) is 41.2 Å². The summed E-state index contributed by atoms with van der Waals surface area (Å²) < 4.78 is 24.3. The highest BCUT2D eigenvalue weighted by atomic mass is 32.2. The zero-order chi connectivity index (χ0) is 42.2. The molecule has 3 aliphatic rings. The van der Waals surface area contributed by atoms with Gasteiger partial charge in [-0.2, -0.15) is 0 Å². The number of fused-ring (bicyclic) bond motifs is 1. The number of nitrogens with one attached hydrogen (secondary N) is 5. The molecule has 60 heavy (non-hydrogen) atoms. The number of nitrogens with zero attached hydrogens (tertiary/aromatic N) is 4. The largest absolute Gasteiger partial charge is 0.383 e. The molecule has 1 unspecified atom stereocenters. The Hall–Kier alpha value is -6.73. The average Bonchev–Trinajstić information content (AvgIpc) is 3.50. The number of carbonyl (C=O) groups is 6. The molecule has 0 radical (unpaired) electrons. The molecule has 2 fully saturated rings. The molecule has 8 rings (SSSR count). The molecule has 1 saturated carbocycles. The van der Waals surface area contributed by atoms with E-state index >= 15 is 0 Å². The molecule has 308 valence electrons. The Kier molecular flexibility index (Phi) is 10.8. The summed E-state index contributed by atoms with van der Waals surface area (Å²) in [6.45, 7) is 0.725. The van der Waals surface area contributed by atoms with E-state index in [-0.39, 0.29) is 42.8 Å². The molecule has 5 heterocycles. The van der Waals surface area contributed by atoms with Crippen molar-refractivity contribution < 1.29 is 37.2 Å². The van der Waals surface area contributed by atoms with Gasteiger partial charge in [0.2, 0.25) is 33.7 Å². The van der Waals surface area contributed by atoms with E-state index in [4.69, 9.17) is 0 Å². The minimum absolute atomic E-state index is 0.101. The zero-order valence-corrected chi connectivity index (χ0v) is 33.8.